The number of halogens is 1. The fourth-order valence-corrected chi connectivity index (χ4v) is 2.12. The molecule has 0 aliphatic carbocycles. The second kappa shape index (κ2) is 6.17. The molecule has 0 radical (unpaired) electrons. The van der Waals surface area contributed by atoms with Gasteiger partial charge in [-0.2, -0.15) is 5.10 Å². The zero-order valence-corrected chi connectivity index (χ0v) is 11.9. The van der Waals surface area contributed by atoms with Gasteiger partial charge in [-0.15, -0.1) is 0 Å². The second-order valence-corrected chi connectivity index (χ2v) is 4.85. The zero-order chi connectivity index (χ0) is 13.8. The van der Waals surface area contributed by atoms with E-state index < -0.39 is 6.10 Å². The maximum absolute atomic E-state index is 10.2. The molecule has 0 fully saturated rings. The first kappa shape index (κ1) is 14.0. The second-order valence-electron chi connectivity index (χ2n) is 4.42. The topological polar surface area (TPSA) is 50.9 Å². The lowest BCUT2D eigenvalue weighted by atomic mass is 10.1. The van der Waals surface area contributed by atoms with Gasteiger partial charge >= 0.3 is 0 Å². The Hall–Kier alpha value is -1.39. The van der Waals surface area contributed by atoms with Crippen molar-refractivity contribution in [2.75, 3.05) is 0 Å². The first-order valence-corrected chi connectivity index (χ1v) is 6.87. The lowest BCUT2D eigenvalue weighted by molar-refractivity contribution is 0.170. The van der Waals surface area contributed by atoms with Gasteiger partial charge in [0.15, 0.2) is 0 Å². The fraction of sp³-hybridized carbons (Fsp3) is 0.429. The highest BCUT2D eigenvalue weighted by molar-refractivity contribution is 6.30. The van der Waals surface area contributed by atoms with Crippen molar-refractivity contribution in [3.63, 3.8) is 0 Å². The van der Waals surface area contributed by atoms with Crippen molar-refractivity contribution in [2.24, 2.45) is 0 Å². The highest BCUT2D eigenvalue weighted by atomic mass is 35.5. The van der Waals surface area contributed by atoms with E-state index in [4.69, 9.17) is 11.6 Å². The minimum absolute atomic E-state index is 0.509. The van der Waals surface area contributed by atoms with E-state index in [2.05, 4.69) is 17.0 Å². The van der Waals surface area contributed by atoms with Crippen molar-refractivity contribution in [2.45, 2.75) is 39.3 Å². The van der Waals surface area contributed by atoms with Crippen LogP contribution in [0.25, 0.3) is 0 Å². The molecule has 0 aliphatic rings. The van der Waals surface area contributed by atoms with Gasteiger partial charge in [-0.1, -0.05) is 18.5 Å². The molecule has 2 aromatic heterocycles. The molecule has 2 rings (SSSR count). The predicted molar refractivity (Wildman–Crippen MR) is 75.2 cm³/mol. The summed E-state index contributed by atoms with van der Waals surface area (Å²) in [4.78, 5) is 4.15. The Kier molecular flexibility index (Phi) is 4.56. The van der Waals surface area contributed by atoms with Gasteiger partial charge in [-0.3, -0.25) is 9.67 Å². The first-order valence-electron chi connectivity index (χ1n) is 6.49. The molecule has 0 aromatic carbocycles. The van der Waals surface area contributed by atoms with E-state index in [0.29, 0.717) is 17.1 Å². The van der Waals surface area contributed by atoms with Gasteiger partial charge in [-0.05, 0) is 31.5 Å². The van der Waals surface area contributed by atoms with Gasteiger partial charge < -0.3 is 5.11 Å². The van der Waals surface area contributed by atoms with Gasteiger partial charge in [0.25, 0.3) is 0 Å². The molecule has 1 unspecified atom stereocenters. The molecule has 102 valence electrons. The van der Waals surface area contributed by atoms with Gasteiger partial charge in [-0.25, -0.2) is 0 Å². The summed E-state index contributed by atoms with van der Waals surface area (Å²) in [6.45, 7) is 4.92. The summed E-state index contributed by atoms with van der Waals surface area (Å²) in [7, 11) is 0. The quantitative estimate of drug-likeness (QED) is 0.916. The average Bonchev–Trinajstić information content (AvgIpc) is 2.81. The predicted octanol–water partition coefficient (Wildman–Crippen LogP) is 2.79. The largest absolute Gasteiger partial charge is 0.386 e. The van der Waals surface area contributed by atoms with Crippen molar-refractivity contribution in [1.29, 1.82) is 0 Å². The SMILES string of the molecule is CCc1cc(CC(O)c2ccc(Cl)cn2)n(CC)n1. The molecular formula is C14H18ClN3O. The van der Waals surface area contributed by atoms with Gasteiger partial charge in [0.1, 0.15) is 6.10 Å². The summed E-state index contributed by atoms with van der Waals surface area (Å²) < 4.78 is 1.93. The zero-order valence-electron chi connectivity index (χ0n) is 11.2. The number of nitrogens with zero attached hydrogens (tertiary/aromatic N) is 3. The molecule has 0 saturated carbocycles. The van der Waals surface area contributed by atoms with Crippen LogP contribution in [0.1, 0.15) is 37.0 Å². The van der Waals surface area contributed by atoms with Crippen molar-refractivity contribution >= 4 is 11.6 Å². The highest BCUT2D eigenvalue weighted by Gasteiger charge is 2.14. The van der Waals surface area contributed by atoms with Crippen LogP contribution >= 0.6 is 11.6 Å². The molecule has 0 saturated heterocycles. The first-order chi connectivity index (χ1) is 9.13. The monoisotopic (exact) mass is 279 g/mol. The minimum atomic E-state index is -0.635. The lowest BCUT2D eigenvalue weighted by Crippen LogP contribution is -2.09. The molecule has 1 atom stereocenters. The third-order valence-electron chi connectivity index (χ3n) is 3.07. The van der Waals surface area contributed by atoms with E-state index >= 15 is 0 Å². The van der Waals surface area contributed by atoms with Crippen molar-refractivity contribution in [1.82, 2.24) is 14.8 Å². The molecule has 0 aliphatic heterocycles. The number of hydrogen-bond acceptors (Lipinski definition) is 3. The minimum Gasteiger partial charge on any atom is -0.386 e. The van der Waals surface area contributed by atoms with Crippen LogP contribution in [0.3, 0.4) is 0 Å². The summed E-state index contributed by atoms with van der Waals surface area (Å²) >= 11 is 5.79. The van der Waals surface area contributed by atoms with Crippen LogP contribution in [0, 0.1) is 0 Å². The lowest BCUT2D eigenvalue weighted by Gasteiger charge is -2.11. The van der Waals surface area contributed by atoms with Gasteiger partial charge in [0, 0.05) is 24.9 Å². The van der Waals surface area contributed by atoms with Crippen molar-refractivity contribution in [3.05, 3.63) is 46.5 Å². The van der Waals surface area contributed by atoms with Crippen LogP contribution in [-0.2, 0) is 19.4 Å². The molecule has 0 amide bonds. The standard InChI is InChI=1S/C14H18ClN3O/c1-3-11-7-12(18(4-2)17-11)8-14(19)13-6-5-10(15)9-16-13/h5-7,9,14,19H,3-4,8H2,1-2H3. The molecule has 5 heteroatoms. The molecule has 0 bridgehead atoms. The molecule has 1 N–H and O–H groups in total. The molecule has 2 heterocycles. The summed E-state index contributed by atoms with van der Waals surface area (Å²) in [6.07, 6.45) is 2.32. The van der Waals surface area contributed by atoms with Crippen molar-refractivity contribution in [3.8, 4) is 0 Å². The molecule has 4 nitrogen and oxygen atoms in total. The molecule has 0 spiro atoms. The maximum atomic E-state index is 10.2. The molecule has 19 heavy (non-hydrogen) atoms. The molecule has 2 aromatic rings. The Morgan fingerprint density at radius 3 is 2.74 bits per heavy atom. The Bertz CT molecular complexity index is 536. The average molecular weight is 280 g/mol. The van der Waals surface area contributed by atoms with E-state index in [9.17, 15) is 5.11 Å². The normalized spacial score (nSPS) is 12.6. The van der Waals surface area contributed by atoms with Gasteiger partial charge in [0.05, 0.1) is 16.4 Å². The summed E-state index contributed by atoms with van der Waals surface area (Å²) in [5, 5.41) is 15.3. The van der Waals surface area contributed by atoms with Crippen LogP contribution in [-0.4, -0.2) is 19.9 Å². The van der Waals surface area contributed by atoms with Crippen LogP contribution in [0.15, 0.2) is 24.4 Å². The Balaban J connectivity index is 2.15. The smallest absolute Gasteiger partial charge is 0.101 e. The number of aromatic nitrogens is 3. The number of rotatable bonds is 5. The summed E-state index contributed by atoms with van der Waals surface area (Å²) in [5.41, 5.74) is 2.71. The van der Waals surface area contributed by atoms with Crippen LogP contribution < -0.4 is 0 Å². The fourth-order valence-electron chi connectivity index (χ4n) is 2.01. The van der Waals surface area contributed by atoms with Crippen LogP contribution in [0.5, 0.6) is 0 Å². The Morgan fingerprint density at radius 1 is 1.37 bits per heavy atom. The van der Waals surface area contributed by atoms with E-state index in [1.54, 1.807) is 18.3 Å². The third kappa shape index (κ3) is 3.33. The van der Waals surface area contributed by atoms with E-state index in [0.717, 1.165) is 24.4 Å². The number of hydrogen-bond donors (Lipinski definition) is 1. The Labute approximate surface area is 118 Å². The van der Waals surface area contributed by atoms with Crippen LogP contribution in [0.2, 0.25) is 5.02 Å². The summed E-state index contributed by atoms with van der Waals surface area (Å²) in [5.74, 6) is 0. The Morgan fingerprint density at radius 2 is 2.16 bits per heavy atom. The van der Waals surface area contributed by atoms with E-state index in [-0.39, 0.29) is 0 Å². The highest BCUT2D eigenvalue weighted by Crippen LogP contribution is 2.19. The number of aliphatic hydroxyl groups is 1. The number of aryl methyl sites for hydroxylation is 2. The number of aliphatic hydroxyl groups excluding tert-OH is 1. The van der Waals surface area contributed by atoms with Crippen LogP contribution in [0.4, 0.5) is 0 Å². The summed E-state index contributed by atoms with van der Waals surface area (Å²) in [6, 6.07) is 5.53. The maximum Gasteiger partial charge on any atom is 0.101 e. The third-order valence-corrected chi connectivity index (χ3v) is 3.29. The van der Waals surface area contributed by atoms with E-state index in [1.807, 2.05) is 17.7 Å². The van der Waals surface area contributed by atoms with Crippen molar-refractivity contribution < 1.29 is 5.11 Å². The molecular weight excluding hydrogens is 262 g/mol. The number of pyridine rings is 1. The van der Waals surface area contributed by atoms with Gasteiger partial charge in [0.2, 0.25) is 0 Å². The van der Waals surface area contributed by atoms with E-state index in [1.165, 1.54) is 0 Å².